The Hall–Kier alpha value is -2.87. The van der Waals surface area contributed by atoms with Crippen LogP contribution in [-0.4, -0.2) is 54.3 Å². The van der Waals surface area contributed by atoms with Gasteiger partial charge in [0, 0.05) is 37.9 Å². The summed E-state index contributed by atoms with van der Waals surface area (Å²) in [7, 11) is 0. The first kappa shape index (κ1) is 18.9. The third kappa shape index (κ3) is 4.65. The monoisotopic (exact) mass is 377 g/mol. The molecule has 1 N–H and O–H groups in total. The molecule has 3 rings (SSSR count). The minimum absolute atomic E-state index is 0.0297. The fourth-order valence-corrected chi connectivity index (χ4v) is 2.89. The van der Waals surface area contributed by atoms with Gasteiger partial charge in [-0.2, -0.15) is 0 Å². The van der Waals surface area contributed by atoms with Gasteiger partial charge in [-0.3, -0.25) is 14.5 Å². The van der Waals surface area contributed by atoms with E-state index in [0.717, 1.165) is 12.1 Å². The van der Waals surface area contributed by atoms with Gasteiger partial charge in [0.1, 0.15) is 5.82 Å². The lowest BCUT2D eigenvalue weighted by atomic mass is 10.1. The van der Waals surface area contributed by atoms with E-state index in [2.05, 4.69) is 5.32 Å². The maximum atomic E-state index is 13.7. The molecule has 27 heavy (non-hydrogen) atoms. The van der Waals surface area contributed by atoms with Crippen LogP contribution in [0.5, 0.6) is 0 Å². The molecule has 0 aromatic heterocycles. The Morgan fingerprint density at radius 1 is 0.889 bits per heavy atom. The minimum atomic E-state index is -1.03. The summed E-state index contributed by atoms with van der Waals surface area (Å²) in [6.07, 6.45) is 0. The summed E-state index contributed by atoms with van der Waals surface area (Å²) >= 11 is 0. The lowest BCUT2D eigenvalue weighted by molar-refractivity contribution is -0.117. The lowest BCUT2D eigenvalue weighted by Crippen LogP contribution is -2.50. The van der Waals surface area contributed by atoms with E-state index in [4.69, 9.17) is 0 Å². The van der Waals surface area contributed by atoms with E-state index in [1.807, 2.05) is 4.90 Å². The lowest BCUT2D eigenvalue weighted by Gasteiger charge is -2.34. The highest BCUT2D eigenvalue weighted by atomic mass is 19.2. The molecule has 0 spiro atoms. The molecule has 0 bridgehead atoms. The van der Waals surface area contributed by atoms with Gasteiger partial charge in [0.25, 0.3) is 5.91 Å². The Kier molecular flexibility index (Phi) is 5.75. The van der Waals surface area contributed by atoms with Crippen molar-refractivity contribution in [3.8, 4) is 0 Å². The number of halogens is 3. The number of amides is 2. The average molecular weight is 377 g/mol. The second-order valence-electron chi connectivity index (χ2n) is 6.23. The van der Waals surface area contributed by atoms with E-state index in [1.54, 1.807) is 11.0 Å². The van der Waals surface area contributed by atoms with Crippen molar-refractivity contribution < 1.29 is 22.8 Å². The van der Waals surface area contributed by atoms with E-state index >= 15 is 0 Å². The van der Waals surface area contributed by atoms with Crippen LogP contribution in [-0.2, 0) is 4.79 Å². The molecule has 0 unspecified atom stereocenters. The van der Waals surface area contributed by atoms with Crippen molar-refractivity contribution in [2.24, 2.45) is 0 Å². The number of benzene rings is 2. The normalized spacial score (nSPS) is 14.9. The van der Waals surface area contributed by atoms with Crippen molar-refractivity contribution in [1.29, 1.82) is 0 Å². The Balaban J connectivity index is 1.50. The maximum Gasteiger partial charge on any atom is 0.256 e. The van der Waals surface area contributed by atoms with Crippen LogP contribution in [0, 0.1) is 17.5 Å². The summed E-state index contributed by atoms with van der Waals surface area (Å²) in [5.41, 5.74) is 0.203. The van der Waals surface area contributed by atoms with Gasteiger partial charge in [-0.15, -0.1) is 0 Å². The minimum Gasteiger partial charge on any atom is -0.336 e. The summed E-state index contributed by atoms with van der Waals surface area (Å²) < 4.78 is 39.8. The van der Waals surface area contributed by atoms with Crippen LogP contribution >= 0.6 is 0 Å². The smallest absolute Gasteiger partial charge is 0.256 e. The zero-order valence-corrected chi connectivity index (χ0v) is 14.4. The molecule has 2 aromatic carbocycles. The van der Waals surface area contributed by atoms with E-state index < -0.39 is 17.5 Å². The number of carbonyl (C=O) groups is 2. The number of hydrogen-bond acceptors (Lipinski definition) is 3. The van der Waals surface area contributed by atoms with Gasteiger partial charge in [-0.05, 0) is 24.3 Å². The van der Waals surface area contributed by atoms with Crippen LogP contribution in [0.1, 0.15) is 10.4 Å². The van der Waals surface area contributed by atoms with E-state index in [-0.39, 0.29) is 29.6 Å². The molecular weight excluding hydrogens is 359 g/mol. The van der Waals surface area contributed by atoms with Crippen molar-refractivity contribution in [2.75, 3.05) is 38.0 Å². The second kappa shape index (κ2) is 8.22. The van der Waals surface area contributed by atoms with E-state index in [0.29, 0.717) is 26.2 Å². The highest BCUT2D eigenvalue weighted by molar-refractivity contribution is 5.94. The van der Waals surface area contributed by atoms with Crippen molar-refractivity contribution in [2.45, 2.75) is 0 Å². The van der Waals surface area contributed by atoms with E-state index in [9.17, 15) is 22.8 Å². The molecule has 2 amide bonds. The van der Waals surface area contributed by atoms with Gasteiger partial charge >= 0.3 is 0 Å². The van der Waals surface area contributed by atoms with Gasteiger partial charge in [0.05, 0.1) is 12.1 Å². The van der Waals surface area contributed by atoms with Crippen LogP contribution in [0.2, 0.25) is 0 Å². The number of anilines is 1. The van der Waals surface area contributed by atoms with Gasteiger partial charge in [-0.1, -0.05) is 12.1 Å². The Bertz CT molecular complexity index is 852. The molecule has 1 fully saturated rings. The molecule has 2 aromatic rings. The Morgan fingerprint density at radius 3 is 2.26 bits per heavy atom. The number of hydrogen-bond donors (Lipinski definition) is 1. The topological polar surface area (TPSA) is 52.7 Å². The predicted molar refractivity (Wildman–Crippen MR) is 93.7 cm³/mol. The van der Waals surface area contributed by atoms with Gasteiger partial charge < -0.3 is 10.2 Å². The standard InChI is InChI=1S/C19H18F3N3O2/c20-15-4-2-1-3-14(15)19(27)25-9-7-24(8-10-25)12-18(26)23-13-5-6-16(21)17(22)11-13/h1-6,11H,7-10,12H2,(H,23,26). The molecule has 0 aliphatic carbocycles. The molecule has 1 aliphatic heterocycles. The molecule has 5 nitrogen and oxygen atoms in total. The summed E-state index contributed by atoms with van der Waals surface area (Å²) in [6, 6.07) is 8.95. The fraction of sp³-hybridized carbons (Fsp3) is 0.263. The van der Waals surface area contributed by atoms with Crippen LogP contribution in [0.25, 0.3) is 0 Å². The highest BCUT2D eigenvalue weighted by Crippen LogP contribution is 2.14. The average Bonchev–Trinajstić information content (AvgIpc) is 2.65. The first-order valence-electron chi connectivity index (χ1n) is 8.45. The molecule has 0 saturated carbocycles. The SMILES string of the molecule is O=C(CN1CCN(C(=O)c2ccccc2F)CC1)Nc1ccc(F)c(F)c1. The largest absolute Gasteiger partial charge is 0.336 e. The van der Waals surface area contributed by atoms with Crippen LogP contribution < -0.4 is 5.32 Å². The molecule has 1 saturated heterocycles. The van der Waals surface area contributed by atoms with Crippen molar-refractivity contribution in [1.82, 2.24) is 9.80 Å². The molecule has 142 valence electrons. The van der Waals surface area contributed by atoms with Crippen molar-refractivity contribution in [3.05, 3.63) is 65.5 Å². The molecule has 0 atom stereocenters. The van der Waals surface area contributed by atoms with E-state index in [1.165, 1.54) is 24.3 Å². The predicted octanol–water partition coefficient (Wildman–Crippen LogP) is 2.50. The molecule has 8 heteroatoms. The Labute approximate surface area is 154 Å². The molecule has 0 radical (unpaired) electrons. The van der Waals surface area contributed by atoms with Gasteiger partial charge in [-0.25, -0.2) is 13.2 Å². The zero-order valence-electron chi connectivity index (χ0n) is 14.4. The fourth-order valence-electron chi connectivity index (χ4n) is 2.89. The molecular formula is C19H18F3N3O2. The summed E-state index contributed by atoms with van der Waals surface area (Å²) in [5.74, 6) is -3.32. The first-order valence-corrected chi connectivity index (χ1v) is 8.45. The van der Waals surface area contributed by atoms with Crippen molar-refractivity contribution >= 4 is 17.5 Å². The van der Waals surface area contributed by atoms with Gasteiger partial charge in [0.2, 0.25) is 5.91 Å². The van der Waals surface area contributed by atoms with Crippen molar-refractivity contribution in [3.63, 3.8) is 0 Å². The number of rotatable bonds is 4. The summed E-state index contributed by atoms with van der Waals surface area (Å²) in [6.45, 7) is 1.69. The Morgan fingerprint density at radius 2 is 1.59 bits per heavy atom. The maximum absolute atomic E-state index is 13.7. The first-order chi connectivity index (χ1) is 12.9. The summed E-state index contributed by atoms with van der Waals surface area (Å²) in [5, 5.41) is 2.51. The second-order valence-corrected chi connectivity index (χ2v) is 6.23. The van der Waals surface area contributed by atoms with Crippen LogP contribution in [0.3, 0.4) is 0 Å². The van der Waals surface area contributed by atoms with Crippen LogP contribution in [0.15, 0.2) is 42.5 Å². The third-order valence-corrected chi connectivity index (χ3v) is 4.33. The van der Waals surface area contributed by atoms with Gasteiger partial charge in [0.15, 0.2) is 11.6 Å². The molecule has 1 aliphatic rings. The third-order valence-electron chi connectivity index (χ3n) is 4.33. The number of piperazine rings is 1. The van der Waals surface area contributed by atoms with Crippen LogP contribution in [0.4, 0.5) is 18.9 Å². The quantitative estimate of drug-likeness (QED) is 0.891. The highest BCUT2D eigenvalue weighted by Gasteiger charge is 2.24. The number of carbonyl (C=O) groups excluding carboxylic acids is 2. The number of nitrogens with zero attached hydrogens (tertiary/aromatic N) is 2. The zero-order chi connectivity index (χ0) is 19.4. The summed E-state index contributed by atoms with van der Waals surface area (Å²) in [4.78, 5) is 27.8. The molecule has 1 heterocycles. The number of nitrogens with one attached hydrogen (secondary N) is 1.